The van der Waals surface area contributed by atoms with Crippen LogP contribution in [0.5, 0.6) is 0 Å². The van der Waals surface area contributed by atoms with Crippen molar-refractivity contribution in [3.63, 3.8) is 0 Å². The molecule has 0 bridgehead atoms. The number of aromatic nitrogens is 2. The molecule has 1 unspecified atom stereocenters. The van der Waals surface area contributed by atoms with E-state index in [-0.39, 0.29) is 0 Å². The summed E-state index contributed by atoms with van der Waals surface area (Å²) in [6.45, 7) is 8.11. The van der Waals surface area contributed by atoms with E-state index in [1.807, 2.05) is 0 Å². The molecule has 1 aromatic rings. The predicted molar refractivity (Wildman–Crippen MR) is 73.0 cm³/mol. The molecule has 0 spiro atoms. The predicted octanol–water partition coefficient (Wildman–Crippen LogP) is 2.00. The van der Waals surface area contributed by atoms with Crippen molar-refractivity contribution < 1.29 is 4.74 Å². The van der Waals surface area contributed by atoms with Gasteiger partial charge < -0.3 is 10.1 Å². The molecule has 1 N–H and O–H groups in total. The highest BCUT2D eigenvalue weighted by Crippen LogP contribution is 2.21. The first-order chi connectivity index (χ1) is 8.67. The van der Waals surface area contributed by atoms with E-state index >= 15 is 0 Å². The van der Waals surface area contributed by atoms with E-state index in [0.29, 0.717) is 12.6 Å². The van der Waals surface area contributed by atoms with Crippen molar-refractivity contribution in [2.45, 2.75) is 52.1 Å². The van der Waals surface area contributed by atoms with Gasteiger partial charge in [-0.15, -0.1) is 0 Å². The Balaban J connectivity index is 2.12. The Kier molecular flexibility index (Phi) is 4.40. The van der Waals surface area contributed by atoms with Crippen LogP contribution in [0, 0.1) is 13.8 Å². The van der Waals surface area contributed by atoms with E-state index in [9.17, 15) is 0 Å². The van der Waals surface area contributed by atoms with Crippen molar-refractivity contribution >= 4 is 0 Å². The Bertz CT molecular complexity index is 396. The summed E-state index contributed by atoms with van der Waals surface area (Å²) >= 11 is 0. The molecule has 18 heavy (non-hydrogen) atoms. The van der Waals surface area contributed by atoms with Gasteiger partial charge in [-0.05, 0) is 38.7 Å². The average Bonchev–Trinajstić information content (AvgIpc) is 3.12. The molecule has 0 aromatic carbocycles. The molecule has 0 saturated heterocycles. The van der Waals surface area contributed by atoms with Gasteiger partial charge >= 0.3 is 0 Å². The summed E-state index contributed by atoms with van der Waals surface area (Å²) in [5.41, 5.74) is 3.82. The fourth-order valence-electron chi connectivity index (χ4n) is 2.56. The molecular weight excluding hydrogens is 226 g/mol. The van der Waals surface area contributed by atoms with Crippen LogP contribution < -0.4 is 5.32 Å². The maximum Gasteiger partial charge on any atom is 0.0879 e. The lowest BCUT2D eigenvalue weighted by atomic mass is 10.1. The minimum atomic E-state index is 0.301. The molecule has 0 aliphatic heterocycles. The minimum absolute atomic E-state index is 0.301. The summed E-state index contributed by atoms with van der Waals surface area (Å²) in [5, 5.41) is 8.27. The van der Waals surface area contributed by atoms with Crippen molar-refractivity contribution in [3.05, 3.63) is 17.0 Å². The molecule has 4 heteroatoms. The lowest BCUT2D eigenvalue weighted by molar-refractivity contribution is 0.146. The monoisotopic (exact) mass is 251 g/mol. The van der Waals surface area contributed by atoms with Crippen molar-refractivity contribution in [1.29, 1.82) is 0 Å². The van der Waals surface area contributed by atoms with Crippen LogP contribution in [-0.4, -0.2) is 36.1 Å². The molecule has 0 amide bonds. The first-order valence-electron chi connectivity index (χ1n) is 6.94. The number of hydrogen-bond acceptors (Lipinski definition) is 3. The van der Waals surface area contributed by atoms with E-state index in [1.165, 1.54) is 24.1 Å². The van der Waals surface area contributed by atoms with Crippen LogP contribution in [0.1, 0.15) is 42.8 Å². The van der Waals surface area contributed by atoms with Crippen LogP contribution >= 0.6 is 0 Å². The molecule has 1 saturated carbocycles. The summed E-state index contributed by atoms with van der Waals surface area (Å²) in [5.74, 6) is 0. The molecule has 1 aliphatic carbocycles. The van der Waals surface area contributed by atoms with Gasteiger partial charge in [-0.2, -0.15) is 5.10 Å². The molecule has 1 fully saturated rings. The van der Waals surface area contributed by atoms with E-state index in [4.69, 9.17) is 9.84 Å². The number of ether oxygens (including phenoxy) is 1. The van der Waals surface area contributed by atoms with Gasteiger partial charge in [0.15, 0.2) is 0 Å². The first-order valence-corrected chi connectivity index (χ1v) is 6.94. The third kappa shape index (κ3) is 2.93. The van der Waals surface area contributed by atoms with Crippen molar-refractivity contribution in [2.75, 3.05) is 20.3 Å². The van der Waals surface area contributed by atoms with E-state index in [1.54, 1.807) is 7.11 Å². The van der Waals surface area contributed by atoms with E-state index < -0.39 is 0 Å². The molecule has 1 aromatic heterocycles. The van der Waals surface area contributed by atoms with Gasteiger partial charge in [0.2, 0.25) is 0 Å². The molecule has 1 atom stereocenters. The third-order valence-corrected chi connectivity index (χ3v) is 3.75. The normalized spacial score (nSPS) is 17.1. The topological polar surface area (TPSA) is 39.1 Å². The Morgan fingerprint density at radius 1 is 1.44 bits per heavy atom. The van der Waals surface area contributed by atoms with Crippen LogP contribution in [0.25, 0.3) is 0 Å². The average molecular weight is 251 g/mol. The van der Waals surface area contributed by atoms with E-state index in [2.05, 4.69) is 30.8 Å². The van der Waals surface area contributed by atoms with Crippen LogP contribution in [-0.2, 0) is 11.2 Å². The second kappa shape index (κ2) is 5.85. The van der Waals surface area contributed by atoms with Crippen LogP contribution in [0.2, 0.25) is 0 Å². The second-order valence-electron chi connectivity index (χ2n) is 5.24. The molecule has 0 radical (unpaired) electrons. The molecule has 1 aliphatic rings. The summed E-state index contributed by atoms with van der Waals surface area (Å²) < 4.78 is 7.49. The number of nitrogens with one attached hydrogen (secondary N) is 1. The van der Waals surface area contributed by atoms with Crippen LogP contribution in [0.15, 0.2) is 0 Å². The summed E-state index contributed by atoms with van der Waals surface area (Å²) in [6.07, 6.45) is 3.68. The molecule has 2 rings (SSSR count). The molecule has 1 heterocycles. The largest absolute Gasteiger partial charge is 0.382 e. The van der Waals surface area contributed by atoms with Crippen LogP contribution in [0.3, 0.4) is 0 Å². The highest BCUT2D eigenvalue weighted by Gasteiger charge is 2.24. The molecule has 4 nitrogen and oxygen atoms in total. The first kappa shape index (κ1) is 13.6. The Morgan fingerprint density at radius 3 is 2.67 bits per heavy atom. The maximum absolute atomic E-state index is 5.35. The summed E-state index contributed by atoms with van der Waals surface area (Å²) in [6, 6.07) is 1.03. The Labute approximate surface area is 110 Å². The van der Waals surface area contributed by atoms with Gasteiger partial charge in [0.1, 0.15) is 0 Å². The smallest absolute Gasteiger partial charge is 0.0879 e. The van der Waals surface area contributed by atoms with Crippen LogP contribution in [0.4, 0.5) is 0 Å². The van der Waals surface area contributed by atoms with Crippen molar-refractivity contribution in [3.8, 4) is 0 Å². The fourth-order valence-corrected chi connectivity index (χ4v) is 2.56. The molecular formula is C14H25N3O. The number of aryl methyl sites for hydroxylation is 1. The van der Waals surface area contributed by atoms with Gasteiger partial charge in [-0.25, -0.2) is 0 Å². The Hall–Kier alpha value is -0.870. The van der Waals surface area contributed by atoms with Crippen molar-refractivity contribution in [1.82, 2.24) is 15.1 Å². The number of rotatable bonds is 7. The summed E-state index contributed by atoms with van der Waals surface area (Å²) in [4.78, 5) is 0. The lowest BCUT2D eigenvalue weighted by Crippen LogP contribution is -2.31. The maximum atomic E-state index is 5.35. The number of nitrogens with zero attached hydrogens (tertiary/aromatic N) is 2. The summed E-state index contributed by atoms with van der Waals surface area (Å²) in [7, 11) is 1.76. The Morgan fingerprint density at radius 2 is 2.17 bits per heavy atom. The third-order valence-electron chi connectivity index (χ3n) is 3.75. The fraction of sp³-hybridized carbons (Fsp3) is 0.786. The van der Waals surface area contributed by atoms with Gasteiger partial charge in [0.05, 0.1) is 18.3 Å². The standard InChI is InChI=1S/C14H25N3O/c1-5-14-10(2)16-17(11(14)3)13(9-18-4)8-15-12-6-7-12/h12-13,15H,5-9H2,1-4H3. The van der Waals surface area contributed by atoms with E-state index in [0.717, 1.165) is 24.7 Å². The highest BCUT2D eigenvalue weighted by molar-refractivity contribution is 5.24. The van der Waals surface area contributed by atoms with Crippen molar-refractivity contribution in [2.24, 2.45) is 0 Å². The zero-order chi connectivity index (χ0) is 13.1. The van der Waals surface area contributed by atoms with Gasteiger partial charge in [0, 0.05) is 25.4 Å². The molecule has 102 valence electrons. The van der Waals surface area contributed by atoms with Gasteiger partial charge in [0.25, 0.3) is 0 Å². The second-order valence-corrected chi connectivity index (χ2v) is 5.24. The zero-order valence-electron chi connectivity index (χ0n) is 12.0. The van der Waals surface area contributed by atoms with Gasteiger partial charge in [-0.3, -0.25) is 4.68 Å². The minimum Gasteiger partial charge on any atom is -0.382 e. The lowest BCUT2D eigenvalue weighted by Gasteiger charge is -2.19. The number of methoxy groups -OCH3 is 1. The van der Waals surface area contributed by atoms with Gasteiger partial charge in [-0.1, -0.05) is 6.92 Å². The number of hydrogen-bond donors (Lipinski definition) is 1. The quantitative estimate of drug-likeness (QED) is 0.805. The highest BCUT2D eigenvalue weighted by atomic mass is 16.5. The SMILES string of the molecule is CCc1c(C)nn(C(CNC2CC2)COC)c1C. The zero-order valence-corrected chi connectivity index (χ0v) is 12.0.